The topological polar surface area (TPSA) is 89.6 Å². The number of benzene rings is 2. The maximum atomic E-state index is 9.62. The molecule has 0 saturated carbocycles. The zero-order valence-electron chi connectivity index (χ0n) is 12.4. The van der Waals surface area contributed by atoms with Crippen LogP contribution in [-0.4, -0.2) is 34.1 Å². The predicted octanol–water partition coefficient (Wildman–Crippen LogP) is 2.77. The number of aromatic hydroxyl groups is 2. The Bertz CT molecular complexity index is 744. The summed E-state index contributed by atoms with van der Waals surface area (Å²) in [7, 11) is 0. The Labute approximate surface area is 138 Å². The first-order valence-corrected chi connectivity index (χ1v) is 7.93. The van der Waals surface area contributed by atoms with Crippen LogP contribution in [0.1, 0.15) is 11.1 Å². The van der Waals surface area contributed by atoms with Crippen molar-refractivity contribution in [3.8, 4) is 11.5 Å². The van der Waals surface area contributed by atoms with E-state index in [1.165, 1.54) is 24.2 Å². The smallest absolute Gasteiger partial charge is 0.203 e. The summed E-state index contributed by atoms with van der Waals surface area (Å²) in [6, 6.07) is 13.7. The van der Waals surface area contributed by atoms with Gasteiger partial charge in [-0.05, 0) is 30.5 Å². The van der Waals surface area contributed by atoms with Crippen LogP contribution in [0.25, 0.3) is 0 Å². The SMILES string of the molecule is CS/C(=N\N=C/c1ccccc1O)N/N=C\c1ccccc1O. The molecule has 0 bridgehead atoms. The monoisotopic (exact) mass is 328 g/mol. The number of phenols is 2. The van der Waals surface area contributed by atoms with Crippen molar-refractivity contribution < 1.29 is 10.2 Å². The van der Waals surface area contributed by atoms with Gasteiger partial charge in [0.1, 0.15) is 11.5 Å². The molecule has 0 aliphatic carbocycles. The summed E-state index contributed by atoms with van der Waals surface area (Å²) < 4.78 is 0. The molecule has 2 aromatic carbocycles. The predicted molar refractivity (Wildman–Crippen MR) is 95.5 cm³/mol. The molecule has 0 radical (unpaired) electrons. The summed E-state index contributed by atoms with van der Waals surface area (Å²) in [5, 5.41) is 31.6. The van der Waals surface area contributed by atoms with Gasteiger partial charge in [-0.15, -0.1) is 5.10 Å². The highest BCUT2D eigenvalue weighted by atomic mass is 32.2. The fourth-order valence-corrected chi connectivity index (χ4v) is 1.88. The normalized spacial score (nSPS) is 12.1. The van der Waals surface area contributed by atoms with Gasteiger partial charge in [-0.3, -0.25) is 5.43 Å². The van der Waals surface area contributed by atoms with E-state index >= 15 is 0 Å². The van der Waals surface area contributed by atoms with Gasteiger partial charge in [-0.1, -0.05) is 36.0 Å². The lowest BCUT2D eigenvalue weighted by molar-refractivity contribution is 0.474. The van der Waals surface area contributed by atoms with Crippen LogP contribution in [0.5, 0.6) is 11.5 Å². The van der Waals surface area contributed by atoms with Crippen molar-refractivity contribution >= 4 is 29.4 Å². The third-order valence-corrected chi connectivity index (χ3v) is 3.34. The molecule has 2 aromatic rings. The quantitative estimate of drug-likeness (QED) is 0.457. The molecule has 0 aliphatic rings. The van der Waals surface area contributed by atoms with E-state index in [-0.39, 0.29) is 11.5 Å². The highest BCUT2D eigenvalue weighted by Crippen LogP contribution is 2.13. The Hall–Kier alpha value is -2.80. The summed E-state index contributed by atoms with van der Waals surface area (Å²) >= 11 is 1.33. The molecule has 0 aliphatic heterocycles. The van der Waals surface area contributed by atoms with Crippen LogP contribution in [0.3, 0.4) is 0 Å². The molecule has 0 amide bonds. The number of hydrogen-bond donors (Lipinski definition) is 3. The molecule has 6 nitrogen and oxygen atoms in total. The number of hydrogen-bond acceptors (Lipinski definition) is 6. The van der Waals surface area contributed by atoms with E-state index < -0.39 is 0 Å². The molecular formula is C16H16N4O2S. The van der Waals surface area contributed by atoms with Crippen molar-refractivity contribution in [3.63, 3.8) is 0 Å². The van der Waals surface area contributed by atoms with E-state index in [0.29, 0.717) is 16.3 Å². The van der Waals surface area contributed by atoms with Crippen molar-refractivity contribution in [2.24, 2.45) is 15.3 Å². The lowest BCUT2D eigenvalue weighted by atomic mass is 10.2. The average molecular weight is 328 g/mol. The van der Waals surface area contributed by atoms with E-state index in [4.69, 9.17) is 0 Å². The molecule has 0 heterocycles. The zero-order valence-corrected chi connectivity index (χ0v) is 13.2. The van der Waals surface area contributed by atoms with Crippen molar-refractivity contribution in [3.05, 3.63) is 59.7 Å². The third kappa shape index (κ3) is 5.15. The van der Waals surface area contributed by atoms with Gasteiger partial charge in [0.05, 0.1) is 12.4 Å². The second-order valence-corrected chi connectivity index (χ2v) is 5.14. The van der Waals surface area contributed by atoms with Gasteiger partial charge in [0.15, 0.2) is 0 Å². The molecule has 0 atom stereocenters. The molecule has 7 heteroatoms. The van der Waals surface area contributed by atoms with Crippen molar-refractivity contribution in [1.82, 2.24) is 5.43 Å². The molecular weight excluding hydrogens is 312 g/mol. The molecule has 0 unspecified atom stereocenters. The van der Waals surface area contributed by atoms with Crippen LogP contribution in [0.4, 0.5) is 0 Å². The molecule has 0 fully saturated rings. The Balaban J connectivity index is 2.00. The number of nitrogens with one attached hydrogen (secondary N) is 1. The Kier molecular flexibility index (Phi) is 6.19. The first-order valence-electron chi connectivity index (χ1n) is 6.71. The van der Waals surface area contributed by atoms with E-state index in [2.05, 4.69) is 20.7 Å². The summed E-state index contributed by atoms with van der Waals surface area (Å²) in [5.41, 5.74) is 3.91. The number of thioether (sulfide) groups is 1. The standard InChI is InChI=1S/C16H16N4O2S/c1-23-16(19-17-10-12-6-2-4-8-14(12)21)20-18-11-13-7-3-5-9-15(13)22/h2-11,21-22H,1H3,(H,19,20)/b17-10-,18-11-. The maximum absolute atomic E-state index is 9.62. The summed E-state index contributed by atoms with van der Waals surface area (Å²) in [6.07, 6.45) is 4.78. The molecule has 0 saturated heterocycles. The number of rotatable bonds is 4. The van der Waals surface area contributed by atoms with Gasteiger partial charge in [0.25, 0.3) is 0 Å². The minimum atomic E-state index is 0.141. The second-order valence-electron chi connectivity index (χ2n) is 4.34. The van der Waals surface area contributed by atoms with Crippen LogP contribution in [-0.2, 0) is 0 Å². The van der Waals surface area contributed by atoms with Crippen LogP contribution < -0.4 is 5.43 Å². The second kappa shape index (κ2) is 8.60. The Morgan fingerprint density at radius 3 is 2.09 bits per heavy atom. The van der Waals surface area contributed by atoms with Crippen molar-refractivity contribution in [2.75, 3.05) is 6.26 Å². The molecule has 3 N–H and O–H groups in total. The Morgan fingerprint density at radius 1 is 0.957 bits per heavy atom. The fourth-order valence-electron chi connectivity index (χ4n) is 1.60. The minimum absolute atomic E-state index is 0.141. The zero-order chi connectivity index (χ0) is 16.5. The van der Waals surface area contributed by atoms with Gasteiger partial charge >= 0.3 is 0 Å². The minimum Gasteiger partial charge on any atom is -0.507 e. The molecule has 0 aromatic heterocycles. The van der Waals surface area contributed by atoms with E-state index in [9.17, 15) is 10.2 Å². The van der Waals surface area contributed by atoms with Crippen LogP contribution >= 0.6 is 11.8 Å². The first-order chi connectivity index (χ1) is 11.2. The number of nitrogens with zero attached hydrogens (tertiary/aromatic N) is 3. The van der Waals surface area contributed by atoms with Crippen LogP contribution in [0.2, 0.25) is 0 Å². The third-order valence-electron chi connectivity index (χ3n) is 2.78. The molecule has 23 heavy (non-hydrogen) atoms. The van der Waals surface area contributed by atoms with Crippen LogP contribution in [0.15, 0.2) is 63.8 Å². The lowest BCUT2D eigenvalue weighted by Crippen LogP contribution is -2.13. The summed E-state index contributed by atoms with van der Waals surface area (Å²) in [5.74, 6) is 0.293. The molecule has 2 rings (SSSR count). The van der Waals surface area contributed by atoms with Gasteiger partial charge in [0, 0.05) is 11.1 Å². The van der Waals surface area contributed by atoms with E-state index in [1.54, 1.807) is 48.5 Å². The maximum Gasteiger partial charge on any atom is 0.203 e. The number of amidine groups is 1. The highest BCUT2D eigenvalue weighted by Gasteiger charge is 1.97. The Morgan fingerprint density at radius 2 is 1.52 bits per heavy atom. The van der Waals surface area contributed by atoms with E-state index in [1.807, 2.05) is 6.26 Å². The summed E-state index contributed by atoms with van der Waals surface area (Å²) in [4.78, 5) is 0. The van der Waals surface area contributed by atoms with Crippen molar-refractivity contribution in [1.29, 1.82) is 0 Å². The van der Waals surface area contributed by atoms with Gasteiger partial charge < -0.3 is 10.2 Å². The summed E-state index contributed by atoms with van der Waals surface area (Å²) in [6.45, 7) is 0. The van der Waals surface area contributed by atoms with Gasteiger partial charge in [0.2, 0.25) is 5.17 Å². The molecule has 0 spiro atoms. The number of phenolic OH excluding ortho intramolecular Hbond substituents is 2. The largest absolute Gasteiger partial charge is 0.507 e. The lowest BCUT2D eigenvalue weighted by Gasteiger charge is -2.00. The van der Waals surface area contributed by atoms with E-state index in [0.717, 1.165) is 0 Å². The van der Waals surface area contributed by atoms with Crippen LogP contribution in [0, 0.1) is 0 Å². The first kappa shape index (κ1) is 16.6. The fraction of sp³-hybridized carbons (Fsp3) is 0.0625. The number of hydrazone groups is 1. The molecule has 118 valence electrons. The van der Waals surface area contributed by atoms with Gasteiger partial charge in [-0.2, -0.15) is 10.2 Å². The number of para-hydroxylation sites is 2. The van der Waals surface area contributed by atoms with Crippen molar-refractivity contribution in [2.45, 2.75) is 0 Å². The van der Waals surface area contributed by atoms with Gasteiger partial charge in [-0.25, -0.2) is 0 Å². The average Bonchev–Trinajstić information content (AvgIpc) is 2.56. The highest BCUT2D eigenvalue weighted by molar-refractivity contribution is 8.13.